The zero-order valence-corrected chi connectivity index (χ0v) is 9.89. The van der Waals surface area contributed by atoms with Crippen LogP contribution in [-0.2, 0) is 0 Å². The molecule has 0 spiro atoms. The first-order valence-corrected chi connectivity index (χ1v) is 5.63. The van der Waals surface area contributed by atoms with E-state index >= 15 is 0 Å². The van der Waals surface area contributed by atoms with Crippen LogP contribution >= 0.6 is 11.6 Å². The molecule has 0 aliphatic heterocycles. The van der Waals surface area contributed by atoms with E-state index in [0.29, 0.717) is 5.92 Å². The highest BCUT2D eigenvalue weighted by atomic mass is 35.5. The predicted octanol–water partition coefficient (Wildman–Crippen LogP) is 3.92. The number of benzene rings is 1. The van der Waals surface area contributed by atoms with Gasteiger partial charge in [-0.2, -0.15) is 0 Å². The average molecular weight is 230 g/mol. The van der Waals surface area contributed by atoms with Crippen LogP contribution in [0.2, 0.25) is 5.02 Å². The lowest BCUT2D eigenvalue weighted by molar-refractivity contribution is 0.461. The molecule has 1 nitrogen and oxygen atoms in total. The largest absolute Gasteiger partial charge is 0.324 e. The summed E-state index contributed by atoms with van der Waals surface area (Å²) in [4.78, 5) is 0. The maximum atomic E-state index is 12.9. The second-order valence-electron chi connectivity index (χ2n) is 4.03. The van der Waals surface area contributed by atoms with Crippen molar-refractivity contribution in [2.75, 3.05) is 0 Å². The van der Waals surface area contributed by atoms with Crippen LogP contribution in [0.5, 0.6) is 0 Å². The molecular weight excluding hydrogens is 213 g/mol. The maximum absolute atomic E-state index is 12.9. The Balaban J connectivity index is 2.73. The molecule has 0 radical (unpaired) electrons. The quantitative estimate of drug-likeness (QED) is 0.832. The molecule has 0 heterocycles. The van der Waals surface area contributed by atoms with Crippen molar-refractivity contribution in [3.05, 3.63) is 34.6 Å². The molecule has 0 aliphatic rings. The third kappa shape index (κ3) is 3.47. The van der Waals surface area contributed by atoms with E-state index in [9.17, 15) is 4.39 Å². The summed E-state index contributed by atoms with van der Waals surface area (Å²) in [6.45, 7) is 4.29. The Morgan fingerprint density at radius 3 is 2.67 bits per heavy atom. The molecule has 1 aromatic rings. The van der Waals surface area contributed by atoms with Gasteiger partial charge in [0.25, 0.3) is 0 Å². The Bertz CT molecular complexity index is 327. The molecule has 0 saturated heterocycles. The van der Waals surface area contributed by atoms with E-state index in [1.165, 1.54) is 6.07 Å². The van der Waals surface area contributed by atoms with Gasteiger partial charge in [0, 0.05) is 6.04 Å². The zero-order chi connectivity index (χ0) is 11.4. The van der Waals surface area contributed by atoms with Crippen LogP contribution in [-0.4, -0.2) is 0 Å². The second-order valence-corrected chi connectivity index (χ2v) is 4.44. The van der Waals surface area contributed by atoms with E-state index in [4.69, 9.17) is 17.3 Å². The molecule has 0 saturated carbocycles. The van der Waals surface area contributed by atoms with E-state index in [1.54, 1.807) is 12.1 Å². The number of halogens is 2. The van der Waals surface area contributed by atoms with Gasteiger partial charge >= 0.3 is 0 Å². The van der Waals surface area contributed by atoms with Gasteiger partial charge in [0.2, 0.25) is 0 Å². The molecule has 0 aromatic heterocycles. The molecule has 2 N–H and O–H groups in total. The molecule has 1 aromatic carbocycles. The van der Waals surface area contributed by atoms with Crippen LogP contribution in [0.3, 0.4) is 0 Å². The summed E-state index contributed by atoms with van der Waals surface area (Å²) in [5.74, 6) is 0.181. The minimum Gasteiger partial charge on any atom is -0.324 e. The van der Waals surface area contributed by atoms with E-state index in [-0.39, 0.29) is 11.1 Å². The summed E-state index contributed by atoms with van der Waals surface area (Å²) in [5.41, 5.74) is 6.91. The fourth-order valence-corrected chi connectivity index (χ4v) is 1.67. The van der Waals surface area contributed by atoms with Crippen LogP contribution in [0.15, 0.2) is 18.2 Å². The van der Waals surface area contributed by atoms with Gasteiger partial charge in [-0.25, -0.2) is 4.39 Å². The Morgan fingerprint density at radius 2 is 2.13 bits per heavy atom. The van der Waals surface area contributed by atoms with Crippen molar-refractivity contribution >= 4 is 11.6 Å². The minimum atomic E-state index is -0.392. The van der Waals surface area contributed by atoms with Crippen molar-refractivity contribution in [3.63, 3.8) is 0 Å². The van der Waals surface area contributed by atoms with Gasteiger partial charge in [-0.1, -0.05) is 37.9 Å². The molecule has 3 heteroatoms. The fraction of sp³-hybridized carbons (Fsp3) is 0.500. The van der Waals surface area contributed by atoms with Gasteiger partial charge in [0.15, 0.2) is 0 Å². The fourth-order valence-electron chi connectivity index (χ4n) is 1.48. The lowest BCUT2D eigenvalue weighted by Crippen LogP contribution is -2.13. The lowest BCUT2D eigenvalue weighted by atomic mass is 9.95. The van der Waals surface area contributed by atoms with Gasteiger partial charge < -0.3 is 5.73 Å². The second kappa shape index (κ2) is 5.47. The van der Waals surface area contributed by atoms with Gasteiger partial charge in [0.1, 0.15) is 5.82 Å². The van der Waals surface area contributed by atoms with E-state index in [0.717, 1.165) is 18.4 Å². The van der Waals surface area contributed by atoms with Gasteiger partial charge in [-0.3, -0.25) is 0 Å². The molecular formula is C12H17ClFN. The molecule has 0 fully saturated rings. The summed E-state index contributed by atoms with van der Waals surface area (Å²) in [6.07, 6.45) is 2.00. The highest BCUT2D eigenvalue weighted by molar-refractivity contribution is 6.30. The number of rotatable bonds is 4. The van der Waals surface area contributed by atoms with Crippen molar-refractivity contribution in [2.24, 2.45) is 11.7 Å². The number of nitrogens with two attached hydrogens (primary N) is 1. The Hall–Kier alpha value is -0.600. The number of hydrogen-bond donors (Lipinski definition) is 1. The average Bonchev–Trinajstić information content (AvgIpc) is 2.21. The van der Waals surface area contributed by atoms with Crippen LogP contribution in [0.25, 0.3) is 0 Å². The first-order chi connectivity index (χ1) is 7.04. The van der Waals surface area contributed by atoms with Crippen molar-refractivity contribution in [2.45, 2.75) is 32.7 Å². The topological polar surface area (TPSA) is 26.0 Å². The molecule has 2 unspecified atom stereocenters. The van der Waals surface area contributed by atoms with Gasteiger partial charge in [-0.15, -0.1) is 0 Å². The van der Waals surface area contributed by atoms with Gasteiger partial charge in [0.05, 0.1) is 5.02 Å². The molecule has 0 bridgehead atoms. The van der Waals surface area contributed by atoms with Crippen LogP contribution < -0.4 is 5.73 Å². The van der Waals surface area contributed by atoms with Gasteiger partial charge in [-0.05, 0) is 30.0 Å². The molecule has 0 amide bonds. The predicted molar refractivity (Wildman–Crippen MR) is 62.4 cm³/mol. The third-order valence-electron chi connectivity index (χ3n) is 2.73. The van der Waals surface area contributed by atoms with Crippen LogP contribution in [0, 0.1) is 11.7 Å². The number of hydrogen-bond acceptors (Lipinski definition) is 1. The minimum absolute atomic E-state index is 0.0574. The smallest absolute Gasteiger partial charge is 0.141 e. The normalized spacial score (nSPS) is 15.0. The first-order valence-electron chi connectivity index (χ1n) is 5.25. The van der Waals surface area contributed by atoms with Crippen molar-refractivity contribution < 1.29 is 4.39 Å². The third-order valence-corrected chi connectivity index (χ3v) is 3.01. The first kappa shape index (κ1) is 12.5. The summed E-state index contributed by atoms with van der Waals surface area (Å²) >= 11 is 5.70. The van der Waals surface area contributed by atoms with Crippen molar-refractivity contribution in [1.82, 2.24) is 0 Å². The summed E-state index contributed by atoms with van der Waals surface area (Å²) < 4.78 is 12.9. The Kier molecular flexibility index (Phi) is 4.55. The molecule has 15 heavy (non-hydrogen) atoms. The van der Waals surface area contributed by atoms with Crippen LogP contribution in [0.1, 0.15) is 38.3 Å². The van der Waals surface area contributed by atoms with Crippen LogP contribution in [0.4, 0.5) is 4.39 Å². The van der Waals surface area contributed by atoms with E-state index in [2.05, 4.69) is 13.8 Å². The lowest BCUT2D eigenvalue weighted by Gasteiger charge is -2.16. The standard InChI is InChI=1S/C12H17ClFN/c1-3-8(2)6-12(15)9-4-5-11(14)10(13)7-9/h4-5,7-8,12H,3,6,15H2,1-2H3. The van der Waals surface area contributed by atoms with Crippen molar-refractivity contribution in [1.29, 1.82) is 0 Å². The molecule has 2 atom stereocenters. The Morgan fingerprint density at radius 1 is 1.47 bits per heavy atom. The maximum Gasteiger partial charge on any atom is 0.141 e. The molecule has 84 valence electrons. The highest BCUT2D eigenvalue weighted by Crippen LogP contribution is 2.24. The van der Waals surface area contributed by atoms with E-state index < -0.39 is 5.82 Å². The molecule has 0 aliphatic carbocycles. The summed E-state index contributed by atoms with van der Waals surface area (Å²) in [6, 6.07) is 4.63. The Labute approximate surface area is 95.4 Å². The highest BCUT2D eigenvalue weighted by Gasteiger charge is 2.11. The SMILES string of the molecule is CCC(C)CC(N)c1ccc(F)c(Cl)c1. The summed E-state index contributed by atoms with van der Waals surface area (Å²) in [5, 5.41) is 0.145. The molecule has 1 rings (SSSR count). The monoisotopic (exact) mass is 229 g/mol. The summed E-state index contributed by atoms with van der Waals surface area (Å²) in [7, 11) is 0. The van der Waals surface area contributed by atoms with E-state index in [1.807, 2.05) is 0 Å². The van der Waals surface area contributed by atoms with Crippen molar-refractivity contribution in [3.8, 4) is 0 Å². The zero-order valence-electron chi connectivity index (χ0n) is 9.13.